The van der Waals surface area contributed by atoms with E-state index in [1.54, 1.807) is 0 Å². The van der Waals surface area contributed by atoms with Crippen molar-refractivity contribution < 1.29 is 14.3 Å². The molecule has 0 saturated carbocycles. The van der Waals surface area contributed by atoms with Gasteiger partial charge in [0.25, 0.3) is 0 Å². The molecule has 0 aromatic heterocycles. The van der Waals surface area contributed by atoms with Gasteiger partial charge < -0.3 is 15.0 Å². The number of rotatable bonds is 3. The molecule has 1 fully saturated rings. The fraction of sp³-hybridized carbons (Fsp3) is 0.556. The third-order valence-electron chi connectivity index (χ3n) is 3.93. The standard InChI is InChI=1S/C18H26N2O3/c1-13(14-9-7-6-8-10-14)20-12-18(5,11-15(20)21)19-16(22)23-17(2,3)4/h6-10,13H,11-12H2,1-5H3,(H,19,22)/t13-,18+/m1/s1. The van der Waals surface area contributed by atoms with Crippen molar-refractivity contribution in [3.8, 4) is 0 Å². The van der Waals surface area contributed by atoms with Crippen LogP contribution in [0.15, 0.2) is 30.3 Å². The molecule has 23 heavy (non-hydrogen) atoms. The lowest BCUT2D eigenvalue weighted by molar-refractivity contribution is -0.129. The number of likely N-dealkylation sites (tertiary alicyclic amines) is 1. The van der Waals surface area contributed by atoms with E-state index in [9.17, 15) is 9.59 Å². The molecule has 1 aromatic carbocycles. The van der Waals surface area contributed by atoms with E-state index < -0.39 is 17.2 Å². The van der Waals surface area contributed by atoms with E-state index in [4.69, 9.17) is 4.74 Å². The van der Waals surface area contributed by atoms with Crippen molar-refractivity contribution in [2.75, 3.05) is 6.54 Å². The number of ether oxygens (including phenoxy) is 1. The molecule has 1 aliphatic heterocycles. The number of hydrogen-bond acceptors (Lipinski definition) is 3. The molecule has 0 aliphatic carbocycles. The first kappa shape index (κ1) is 17.3. The number of amides is 2. The smallest absolute Gasteiger partial charge is 0.408 e. The highest BCUT2D eigenvalue weighted by atomic mass is 16.6. The lowest BCUT2D eigenvalue weighted by Gasteiger charge is -2.30. The Labute approximate surface area is 138 Å². The van der Waals surface area contributed by atoms with Crippen LogP contribution in [-0.4, -0.2) is 34.6 Å². The molecule has 5 nitrogen and oxygen atoms in total. The molecule has 0 unspecified atom stereocenters. The minimum absolute atomic E-state index is 0.0223. The summed E-state index contributed by atoms with van der Waals surface area (Å²) in [6.07, 6.45) is -0.203. The normalized spacial score (nSPS) is 22.8. The lowest BCUT2D eigenvalue weighted by atomic mass is 10.0. The van der Waals surface area contributed by atoms with E-state index in [-0.39, 0.29) is 18.4 Å². The van der Waals surface area contributed by atoms with Gasteiger partial charge in [0.2, 0.25) is 5.91 Å². The Morgan fingerprint density at radius 1 is 1.30 bits per heavy atom. The van der Waals surface area contributed by atoms with Gasteiger partial charge in [0.1, 0.15) is 5.60 Å². The first-order chi connectivity index (χ1) is 10.6. The molecule has 0 bridgehead atoms. The highest BCUT2D eigenvalue weighted by Crippen LogP contribution is 2.30. The Bertz CT molecular complexity index is 580. The fourth-order valence-electron chi connectivity index (χ4n) is 2.85. The van der Waals surface area contributed by atoms with E-state index in [1.165, 1.54) is 0 Å². The molecule has 126 valence electrons. The van der Waals surface area contributed by atoms with E-state index >= 15 is 0 Å². The molecule has 0 spiro atoms. The van der Waals surface area contributed by atoms with Crippen LogP contribution in [0.3, 0.4) is 0 Å². The second-order valence-electron chi connectivity index (χ2n) is 7.47. The first-order valence-electron chi connectivity index (χ1n) is 7.95. The van der Waals surface area contributed by atoms with Crippen molar-refractivity contribution >= 4 is 12.0 Å². The summed E-state index contributed by atoms with van der Waals surface area (Å²) in [6, 6.07) is 9.88. The number of nitrogens with zero attached hydrogens (tertiary/aromatic N) is 1. The summed E-state index contributed by atoms with van der Waals surface area (Å²) in [5, 5.41) is 2.85. The van der Waals surface area contributed by atoms with Crippen LogP contribution < -0.4 is 5.32 Å². The molecule has 1 heterocycles. The topological polar surface area (TPSA) is 58.6 Å². The summed E-state index contributed by atoms with van der Waals surface area (Å²) < 4.78 is 5.30. The Hall–Kier alpha value is -2.04. The third-order valence-corrected chi connectivity index (χ3v) is 3.93. The van der Waals surface area contributed by atoms with Crippen molar-refractivity contribution in [3.05, 3.63) is 35.9 Å². The molecule has 5 heteroatoms. The zero-order valence-electron chi connectivity index (χ0n) is 14.6. The van der Waals surface area contributed by atoms with Crippen LogP contribution in [0.2, 0.25) is 0 Å². The zero-order chi connectivity index (χ0) is 17.3. The molecule has 0 radical (unpaired) electrons. The molecular formula is C18H26N2O3. The molecule has 1 aliphatic rings. The summed E-state index contributed by atoms with van der Waals surface area (Å²) in [5.41, 5.74) is -0.0786. The largest absolute Gasteiger partial charge is 0.444 e. The average Bonchev–Trinajstić information content (AvgIpc) is 2.71. The van der Waals surface area contributed by atoms with Gasteiger partial charge in [0, 0.05) is 6.54 Å². The van der Waals surface area contributed by atoms with Crippen LogP contribution in [-0.2, 0) is 9.53 Å². The predicted molar refractivity (Wildman–Crippen MR) is 89.0 cm³/mol. The molecule has 1 aromatic rings. The first-order valence-corrected chi connectivity index (χ1v) is 7.95. The minimum atomic E-state index is -0.609. The summed E-state index contributed by atoms with van der Waals surface area (Å²) >= 11 is 0. The predicted octanol–water partition coefficient (Wildman–Crippen LogP) is 3.26. The van der Waals surface area contributed by atoms with Gasteiger partial charge in [0.15, 0.2) is 0 Å². The molecule has 2 rings (SSSR count). The number of carbonyl (C=O) groups excluding carboxylic acids is 2. The number of carbonyl (C=O) groups is 2. The SMILES string of the molecule is C[C@H](c1ccccc1)N1C[C@@](C)(NC(=O)OC(C)(C)C)CC1=O. The second-order valence-corrected chi connectivity index (χ2v) is 7.47. The summed E-state index contributed by atoms with van der Waals surface area (Å²) in [5.74, 6) is 0.0416. The van der Waals surface area contributed by atoms with Crippen LogP contribution in [0.4, 0.5) is 4.79 Å². The van der Waals surface area contributed by atoms with Crippen molar-refractivity contribution in [3.63, 3.8) is 0 Å². The van der Waals surface area contributed by atoms with Crippen molar-refractivity contribution in [1.29, 1.82) is 0 Å². The maximum Gasteiger partial charge on any atom is 0.408 e. The van der Waals surface area contributed by atoms with Crippen LogP contribution in [0.25, 0.3) is 0 Å². The Balaban J connectivity index is 2.05. The van der Waals surface area contributed by atoms with Crippen molar-refractivity contribution in [2.24, 2.45) is 0 Å². The van der Waals surface area contributed by atoms with Gasteiger partial charge in [-0.15, -0.1) is 0 Å². The Kier molecular flexibility index (Phi) is 4.68. The van der Waals surface area contributed by atoms with Gasteiger partial charge in [-0.2, -0.15) is 0 Å². The number of alkyl carbamates (subject to hydrolysis) is 1. The third kappa shape index (κ3) is 4.47. The molecule has 1 saturated heterocycles. The summed E-state index contributed by atoms with van der Waals surface area (Å²) in [6.45, 7) is 9.82. The molecule has 1 N–H and O–H groups in total. The quantitative estimate of drug-likeness (QED) is 0.930. The second kappa shape index (κ2) is 6.22. The maximum absolute atomic E-state index is 12.4. The van der Waals surface area contributed by atoms with Gasteiger partial charge in [-0.3, -0.25) is 4.79 Å². The summed E-state index contributed by atoms with van der Waals surface area (Å²) in [4.78, 5) is 26.2. The minimum Gasteiger partial charge on any atom is -0.444 e. The van der Waals surface area contributed by atoms with Crippen LogP contribution >= 0.6 is 0 Å². The maximum atomic E-state index is 12.4. The van der Waals surface area contributed by atoms with Crippen molar-refractivity contribution in [1.82, 2.24) is 10.2 Å². The van der Waals surface area contributed by atoms with Crippen LogP contribution in [0.5, 0.6) is 0 Å². The van der Waals surface area contributed by atoms with Gasteiger partial charge in [-0.25, -0.2) is 4.79 Å². The Morgan fingerprint density at radius 2 is 1.91 bits per heavy atom. The monoisotopic (exact) mass is 318 g/mol. The van der Waals surface area contributed by atoms with Gasteiger partial charge in [0.05, 0.1) is 18.0 Å². The van der Waals surface area contributed by atoms with E-state index in [1.807, 2.05) is 69.9 Å². The van der Waals surface area contributed by atoms with Gasteiger partial charge >= 0.3 is 6.09 Å². The zero-order valence-corrected chi connectivity index (χ0v) is 14.6. The highest BCUT2D eigenvalue weighted by molar-refractivity contribution is 5.82. The van der Waals surface area contributed by atoms with E-state index in [0.717, 1.165) is 5.56 Å². The fourth-order valence-corrected chi connectivity index (χ4v) is 2.85. The number of benzene rings is 1. The Morgan fingerprint density at radius 3 is 2.48 bits per heavy atom. The summed E-state index contributed by atoms with van der Waals surface area (Å²) in [7, 11) is 0. The van der Waals surface area contributed by atoms with E-state index in [2.05, 4.69) is 5.32 Å². The number of nitrogens with one attached hydrogen (secondary N) is 1. The molecule has 2 atom stereocenters. The number of hydrogen-bond donors (Lipinski definition) is 1. The van der Waals surface area contributed by atoms with Crippen molar-refractivity contribution in [2.45, 2.75) is 58.2 Å². The van der Waals surface area contributed by atoms with Crippen LogP contribution in [0, 0.1) is 0 Å². The average molecular weight is 318 g/mol. The molecule has 2 amide bonds. The van der Waals surface area contributed by atoms with Gasteiger partial charge in [-0.1, -0.05) is 30.3 Å². The van der Waals surface area contributed by atoms with E-state index in [0.29, 0.717) is 6.54 Å². The lowest BCUT2D eigenvalue weighted by Crippen LogP contribution is -2.49. The molecular weight excluding hydrogens is 292 g/mol. The van der Waals surface area contributed by atoms with Gasteiger partial charge in [-0.05, 0) is 40.2 Å². The van der Waals surface area contributed by atoms with Crippen LogP contribution in [0.1, 0.15) is 52.6 Å². The highest BCUT2D eigenvalue weighted by Gasteiger charge is 2.43.